The van der Waals surface area contributed by atoms with Crippen LogP contribution in [0.2, 0.25) is 0 Å². The molecule has 0 aromatic heterocycles. The zero-order chi connectivity index (χ0) is 15.6. The fraction of sp³-hybridized carbons (Fsp3) is 0.400. The molecule has 0 atom stereocenters. The van der Waals surface area contributed by atoms with E-state index in [0.717, 1.165) is 31.7 Å². The first-order valence-electron chi connectivity index (χ1n) is 8.30. The third kappa shape index (κ3) is 5.19. The van der Waals surface area contributed by atoms with Gasteiger partial charge in [0.05, 0.1) is 6.61 Å². The van der Waals surface area contributed by atoms with Gasteiger partial charge in [-0.05, 0) is 55.1 Å². The van der Waals surface area contributed by atoms with Crippen LogP contribution in [0.15, 0.2) is 48.5 Å². The molecule has 2 aromatic carbocycles. The van der Waals surface area contributed by atoms with Crippen molar-refractivity contribution in [2.75, 3.05) is 13.2 Å². The molecule has 2 rings (SSSR count). The van der Waals surface area contributed by atoms with E-state index in [1.54, 1.807) is 0 Å². The highest BCUT2D eigenvalue weighted by atomic mass is 16.5. The number of nitrogens with two attached hydrogens (primary N) is 1. The van der Waals surface area contributed by atoms with Gasteiger partial charge in [-0.2, -0.15) is 0 Å². The molecule has 0 heterocycles. The molecule has 118 valence electrons. The second-order valence-corrected chi connectivity index (χ2v) is 5.75. The molecule has 0 bridgehead atoms. The molecule has 0 radical (unpaired) electrons. The minimum Gasteiger partial charge on any atom is -0.493 e. The first-order chi connectivity index (χ1) is 10.8. The quantitative estimate of drug-likeness (QED) is 0.665. The first-order valence-corrected chi connectivity index (χ1v) is 8.30. The monoisotopic (exact) mass is 297 g/mol. The zero-order valence-electron chi connectivity index (χ0n) is 13.6. The van der Waals surface area contributed by atoms with Crippen molar-refractivity contribution >= 4 is 0 Å². The molecular weight excluding hydrogens is 270 g/mol. The van der Waals surface area contributed by atoms with E-state index >= 15 is 0 Å². The average Bonchev–Trinajstić information content (AvgIpc) is 2.56. The smallest absolute Gasteiger partial charge is 0.122 e. The molecule has 2 heteroatoms. The molecule has 0 spiro atoms. The summed E-state index contributed by atoms with van der Waals surface area (Å²) in [5.41, 5.74) is 9.18. The Hall–Kier alpha value is -1.80. The van der Waals surface area contributed by atoms with Crippen molar-refractivity contribution in [2.45, 2.75) is 39.0 Å². The lowest BCUT2D eigenvalue weighted by Gasteiger charge is -2.11. The molecule has 0 saturated heterocycles. The van der Waals surface area contributed by atoms with Gasteiger partial charge < -0.3 is 10.5 Å². The van der Waals surface area contributed by atoms with Crippen molar-refractivity contribution in [2.24, 2.45) is 5.73 Å². The molecule has 2 nitrogen and oxygen atoms in total. The van der Waals surface area contributed by atoms with E-state index in [1.165, 1.54) is 36.0 Å². The summed E-state index contributed by atoms with van der Waals surface area (Å²) in [5.74, 6) is 1.00. The van der Waals surface area contributed by atoms with Crippen LogP contribution in [0.5, 0.6) is 5.75 Å². The summed E-state index contributed by atoms with van der Waals surface area (Å²) in [7, 11) is 0. The van der Waals surface area contributed by atoms with Crippen molar-refractivity contribution in [3.05, 3.63) is 54.1 Å². The summed E-state index contributed by atoms with van der Waals surface area (Å²) in [6.07, 6.45) is 5.97. The Labute approximate surface area is 134 Å². The maximum absolute atomic E-state index is 5.91. The van der Waals surface area contributed by atoms with E-state index in [2.05, 4.69) is 49.4 Å². The van der Waals surface area contributed by atoms with Crippen LogP contribution < -0.4 is 10.5 Å². The molecule has 2 aromatic rings. The van der Waals surface area contributed by atoms with E-state index in [4.69, 9.17) is 10.5 Å². The molecule has 0 aliphatic heterocycles. The fourth-order valence-corrected chi connectivity index (χ4v) is 2.58. The van der Waals surface area contributed by atoms with Gasteiger partial charge in [-0.3, -0.25) is 0 Å². The number of unbranched alkanes of at least 4 members (excludes halogenated alkanes) is 4. The van der Waals surface area contributed by atoms with Crippen LogP contribution in [-0.2, 0) is 0 Å². The van der Waals surface area contributed by atoms with Crippen molar-refractivity contribution < 1.29 is 4.74 Å². The van der Waals surface area contributed by atoms with Crippen LogP contribution in [0.4, 0.5) is 0 Å². The Morgan fingerprint density at radius 2 is 1.55 bits per heavy atom. The number of rotatable bonds is 9. The maximum atomic E-state index is 5.91. The van der Waals surface area contributed by atoms with E-state index in [-0.39, 0.29) is 0 Å². The third-order valence-electron chi connectivity index (χ3n) is 3.89. The van der Waals surface area contributed by atoms with Crippen LogP contribution in [-0.4, -0.2) is 13.2 Å². The maximum Gasteiger partial charge on any atom is 0.122 e. The molecule has 2 N–H and O–H groups in total. The number of hydrogen-bond donors (Lipinski definition) is 1. The van der Waals surface area contributed by atoms with Crippen LogP contribution in [0.1, 0.15) is 37.7 Å². The minimum atomic E-state index is 0.800. The summed E-state index contributed by atoms with van der Waals surface area (Å²) in [6, 6.07) is 16.9. The van der Waals surface area contributed by atoms with Crippen molar-refractivity contribution in [3.8, 4) is 16.9 Å². The average molecular weight is 297 g/mol. The Morgan fingerprint density at radius 1 is 0.818 bits per heavy atom. The number of ether oxygens (including phenoxy) is 1. The fourth-order valence-electron chi connectivity index (χ4n) is 2.58. The standard InChI is InChI=1S/C20H27NO/c1-17-16-19(18-10-6-5-7-11-18)12-13-20(17)22-15-9-4-2-3-8-14-21/h5-7,10-13,16H,2-4,8-9,14-15,21H2,1H3. The predicted octanol–water partition coefficient (Wildman–Crippen LogP) is 4.95. The molecule has 22 heavy (non-hydrogen) atoms. The molecule has 0 amide bonds. The highest BCUT2D eigenvalue weighted by Gasteiger charge is 2.03. The van der Waals surface area contributed by atoms with E-state index in [9.17, 15) is 0 Å². The Balaban J connectivity index is 1.80. The first kappa shape index (κ1) is 16.6. The predicted molar refractivity (Wildman–Crippen MR) is 94.2 cm³/mol. The van der Waals surface area contributed by atoms with Gasteiger partial charge in [-0.15, -0.1) is 0 Å². The molecule has 0 unspecified atom stereocenters. The Bertz CT molecular complexity index is 551. The normalized spacial score (nSPS) is 10.6. The van der Waals surface area contributed by atoms with E-state index in [0.29, 0.717) is 0 Å². The lowest BCUT2D eigenvalue weighted by atomic mass is 10.0. The van der Waals surface area contributed by atoms with Gasteiger partial charge in [0.2, 0.25) is 0 Å². The van der Waals surface area contributed by atoms with Gasteiger partial charge in [0.25, 0.3) is 0 Å². The lowest BCUT2D eigenvalue weighted by Crippen LogP contribution is -2.00. The third-order valence-corrected chi connectivity index (χ3v) is 3.89. The molecular formula is C20H27NO. The van der Waals surface area contributed by atoms with Crippen LogP contribution in [0, 0.1) is 6.92 Å². The number of hydrogen-bond acceptors (Lipinski definition) is 2. The SMILES string of the molecule is Cc1cc(-c2ccccc2)ccc1OCCCCCCCN. The summed E-state index contributed by atoms with van der Waals surface area (Å²) in [4.78, 5) is 0. The van der Waals surface area contributed by atoms with Gasteiger partial charge in [0.15, 0.2) is 0 Å². The summed E-state index contributed by atoms with van der Waals surface area (Å²) in [6.45, 7) is 3.72. The van der Waals surface area contributed by atoms with Crippen molar-refractivity contribution in [1.29, 1.82) is 0 Å². The molecule has 0 saturated carbocycles. The largest absolute Gasteiger partial charge is 0.493 e. The Kier molecular flexibility index (Phi) is 6.98. The van der Waals surface area contributed by atoms with E-state index < -0.39 is 0 Å². The lowest BCUT2D eigenvalue weighted by molar-refractivity contribution is 0.302. The van der Waals surface area contributed by atoms with Gasteiger partial charge in [-0.25, -0.2) is 0 Å². The minimum absolute atomic E-state index is 0.800. The van der Waals surface area contributed by atoms with Gasteiger partial charge >= 0.3 is 0 Å². The zero-order valence-corrected chi connectivity index (χ0v) is 13.6. The molecule has 0 aliphatic rings. The van der Waals surface area contributed by atoms with Gasteiger partial charge in [0.1, 0.15) is 5.75 Å². The summed E-state index contributed by atoms with van der Waals surface area (Å²) in [5, 5.41) is 0. The van der Waals surface area contributed by atoms with Gasteiger partial charge in [0, 0.05) is 0 Å². The summed E-state index contributed by atoms with van der Waals surface area (Å²) >= 11 is 0. The summed E-state index contributed by atoms with van der Waals surface area (Å²) < 4.78 is 5.91. The van der Waals surface area contributed by atoms with Crippen LogP contribution >= 0.6 is 0 Å². The number of aryl methyl sites for hydroxylation is 1. The Morgan fingerprint density at radius 3 is 2.27 bits per heavy atom. The van der Waals surface area contributed by atoms with Crippen LogP contribution in [0.25, 0.3) is 11.1 Å². The van der Waals surface area contributed by atoms with Crippen LogP contribution in [0.3, 0.4) is 0 Å². The highest BCUT2D eigenvalue weighted by molar-refractivity contribution is 5.65. The van der Waals surface area contributed by atoms with Crippen molar-refractivity contribution in [1.82, 2.24) is 0 Å². The van der Waals surface area contributed by atoms with Crippen molar-refractivity contribution in [3.63, 3.8) is 0 Å². The molecule has 0 fully saturated rings. The highest BCUT2D eigenvalue weighted by Crippen LogP contribution is 2.26. The second-order valence-electron chi connectivity index (χ2n) is 5.75. The second kappa shape index (κ2) is 9.26. The molecule has 0 aliphatic carbocycles. The van der Waals surface area contributed by atoms with Gasteiger partial charge in [-0.1, -0.05) is 55.7 Å². The topological polar surface area (TPSA) is 35.2 Å². The number of benzene rings is 2. The van der Waals surface area contributed by atoms with E-state index in [1.807, 2.05) is 6.07 Å².